The van der Waals surface area contributed by atoms with Crippen LogP contribution in [0.25, 0.3) is 0 Å². The summed E-state index contributed by atoms with van der Waals surface area (Å²) in [7, 11) is 0. The van der Waals surface area contributed by atoms with Crippen molar-refractivity contribution in [2.45, 2.75) is 46.1 Å². The molecule has 2 rings (SSSR count). The number of aliphatic imine (C=N–C) groups is 1. The number of halogens is 1. The minimum absolute atomic E-state index is 0.104. The molecule has 0 aromatic heterocycles. The van der Waals surface area contributed by atoms with Crippen LogP contribution in [0.5, 0.6) is 0 Å². The van der Waals surface area contributed by atoms with E-state index in [-0.39, 0.29) is 5.54 Å². The summed E-state index contributed by atoms with van der Waals surface area (Å²) in [6, 6.07) is 4.33. The van der Waals surface area contributed by atoms with Gasteiger partial charge in [0.05, 0.1) is 5.54 Å². The van der Waals surface area contributed by atoms with Crippen LogP contribution in [-0.2, 0) is 0 Å². The minimum atomic E-state index is 0.104. The highest BCUT2D eigenvalue weighted by atomic mass is 79.9. The Morgan fingerprint density at radius 3 is 2.58 bits per heavy atom. The third kappa shape index (κ3) is 3.54. The molecule has 2 nitrogen and oxygen atoms in total. The Balaban J connectivity index is 2.22. The smallest absolute Gasteiger partial charge is 0.161 e. The fourth-order valence-corrected chi connectivity index (χ4v) is 3.60. The summed E-state index contributed by atoms with van der Waals surface area (Å²) in [6.45, 7) is 8.69. The monoisotopic (exact) mass is 340 g/mol. The van der Waals surface area contributed by atoms with Gasteiger partial charge in [-0.3, -0.25) is 4.99 Å². The van der Waals surface area contributed by atoms with Crippen LogP contribution in [0.1, 0.15) is 37.8 Å². The van der Waals surface area contributed by atoms with Crippen LogP contribution in [0.15, 0.2) is 21.6 Å². The first-order valence-corrected chi connectivity index (χ1v) is 8.48. The Morgan fingerprint density at radius 1 is 1.37 bits per heavy atom. The number of anilines is 1. The van der Waals surface area contributed by atoms with Crippen molar-refractivity contribution in [2.75, 3.05) is 11.1 Å². The Kier molecular flexibility index (Phi) is 4.62. The zero-order chi connectivity index (χ0) is 14.0. The van der Waals surface area contributed by atoms with Crippen molar-refractivity contribution in [2.24, 2.45) is 4.99 Å². The van der Waals surface area contributed by atoms with E-state index in [1.807, 2.05) is 11.8 Å². The molecule has 104 valence electrons. The molecule has 1 atom stereocenters. The van der Waals surface area contributed by atoms with Gasteiger partial charge in [0.1, 0.15) is 0 Å². The van der Waals surface area contributed by atoms with E-state index in [9.17, 15) is 0 Å². The molecule has 1 aliphatic rings. The lowest BCUT2D eigenvalue weighted by molar-refractivity contribution is 0.443. The van der Waals surface area contributed by atoms with Crippen LogP contribution in [-0.4, -0.2) is 16.5 Å². The van der Waals surface area contributed by atoms with Crippen LogP contribution < -0.4 is 5.32 Å². The van der Waals surface area contributed by atoms with Crippen LogP contribution in [0, 0.1) is 13.8 Å². The van der Waals surface area contributed by atoms with E-state index in [0.29, 0.717) is 0 Å². The van der Waals surface area contributed by atoms with Gasteiger partial charge in [-0.15, -0.1) is 0 Å². The van der Waals surface area contributed by atoms with Crippen molar-refractivity contribution in [1.82, 2.24) is 0 Å². The maximum atomic E-state index is 4.87. The molecular weight excluding hydrogens is 320 g/mol. The second kappa shape index (κ2) is 5.88. The molecular formula is C15H21BrN2S. The Morgan fingerprint density at radius 2 is 2.00 bits per heavy atom. The molecule has 1 aromatic carbocycles. The van der Waals surface area contributed by atoms with Gasteiger partial charge in [0.25, 0.3) is 0 Å². The molecule has 1 aliphatic heterocycles. The van der Waals surface area contributed by atoms with Gasteiger partial charge < -0.3 is 5.32 Å². The topological polar surface area (TPSA) is 24.4 Å². The number of rotatable bonds is 2. The molecule has 1 unspecified atom stereocenters. The Hall–Kier alpha value is -0.480. The lowest BCUT2D eigenvalue weighted by Crippen LogP contribution is -2.29. The summed E-state index contributed by atoms with van der Waals surface area (Å²) < 4.78 is 1.19. The van der Waals surface area contributed by atoms with Crippen LogP contribution in [0.4, 0.5) is 5.69 Å². The van der Waals surface area contributed by atoms with Crippen molar-refractivity contribution >= 4 is 38.5 Å². The van der Waals surface area contributed by atoms with E-state index in [2.05, 4.69) is 61.1 Å². The molecule has 1 aromatic rings. The van der Waals surface area contributed by atoms with Gasteiger partial charge in [0, 0.05) is 15.9 Å². The molecule has 1 N–H and O–H groups in total. The maximum absolute atomic E-state index is 4.87. The van der Waals surface area contributed by atoms with Crippen molar-refractivity contribution in [3.05, 3.63) is 27.7 Å². The average Bonchev–Trinajstić information content (AvgIpc) is 2.36. The lowest BCUT2D eigenvalue weighted by Gasteiger charge is -2.29. The standard InChI is InChI=1S/C15H21BrN2S/c1-5-15(4)6-7-19-14(18-15)17-12-8-10(2)13(16)11(3)9-12/h8-9H,5-7H2,1-4H3,(H,17,18). The zero-order valence-corrected chi connectivity index (χ0v) is 14.4. The molecule has 19 heavy (non-hydrogen) atoms. The highest BCUT2D eigenvalue weighted by molar-refractivity contribution is 9.10. The highest BCUT2D eigenvalue weighted by Gasteiger charge is 2.25. The van der Waals surface area contributed by atoms with Gasteiger partial charge in [-0.2, -0.15) is 0 Å². The van der Waals surface area contributed by atoms with Gasteiger partial charge in [-0.1, -0.05) is 34.6 Å². The van der Waals surface area contributed by atoms with Gasteiger partial charge in [-0.05, 0) is 56.9 Å². The van der Waals surface area contributed by atoms with Crippen LogP contribution >= 0.6 is 27.7 Å². The predicted octanol–water partition coefficient (Wildman–Crippen LogP) is 5.14. The number of thioether (sulfide) groups is 1. The third-order valence-electron chi connectivity index (χ3n) is 3.70. The van der Waals surface area contributed by atoms with E-state index >= 15 is 0 Å². The molecule has 0 radical (unpaired) electrons. The van der Waals surface area contributed by atoms with Gasteiger partial charge in [-0.25, -0.2) is 0 Å². The van der Waals surface area contributed by atoms with Crippen molar-refractivity contribution < 1.29 is 0 Å². The second-order valence-electron chi connectivity index (χ2n) is 5.41. The summed E-state index contributed by atoms with van der Waals surface area (Å²) in [5.41, 5.74) is 3.74. The summed E-state index contributed by atoms with van der Waals surface area (Å²) in [5, 5.41) is 4.52. The molecule has 0 fully saturated rings. The van der Waals surface area contributed by atoms with E-state index in [4.69, 9.17) is 4.99 Å². The van der Waals surface area contributed by atoms with Crippen molar-refractivity contribution in [3.63, 3.8) is 0 Å². The predicted molar refractivity (Wildman–Crippen MR) is 90.4 cm³/mol. The van der Waals surface area contributed by atoms with E-state index in [1.54, 1.807) is 0 Å². The summed E-state index contributed by atoms with van der Waals surface area (Å²) in [5.74, 6) is 1.14. The third-order valence-corrected chi connectivity index (χ3v) is 5.83. The first kappa shape index (κ1) is 14.9. The normalized spacial score (nSPS) is 23.1. The second-order valence-corrected chi connectivity index (χ2v) is 7.29. The van der Waals surface area contributed by atoms with Gasteiger partial charge in [0.2, 0.25) is 0 Å². The SMILES string of the molecule is CCC1(C)CCSC(Nc2cc(C)c(Br)c(C)c2)=N1. The first-order chi connectivity index (χ1) is 8.93. The van der Waals surface area contributed by atoms with Crippen LogP contribution in [0.3, 0.4) is 0 Å². The van der Waals surface area contributed by atoms with Crippen molar-refractivity contribution in [1.29, 1.82) is 0 Å². The fraction of sp³-hybridized carbons (Fsp3) is 0.533. The molecule has 0 bridgehead atoms. The first-order valence-electron chi connectivity index (χ1n) is 6.70. The number of hydrogen-bond acceptors (Lipinski definition) is 3. The maximum Gasteiger partial charge on any atom is 0.161 e. The molecule has 0 saturated carbocycles. The number of aryl methyl sites for hydroxylation is 2. The number of nitrogens with one attached hydrogen (secondary N) is 1. The van der Waals surface area contributed by atoms with E-state index < -0.39 is 0 Å². The van der Waals surface area contributed by atoms with E-state index in [1.165, 1.54) is 15.6 Å². The number of amidine groups is 1. The largest absolute Gasteiger partial charge is 0.335 e. The molecule has 1 heterocycles. The summed E-state index contributed by atoms with van der Waals surface area (Å²) in [6.07, 6.45) is 2.26. The zero-order valence-electron chi connectivity index (χ0n) is 12.0. The number of hydrogen-bond donors (Lipinski definition) is 1. The Bertz CT molecular complexity index is 490. The molecule has 0 saturated heterocycles. The minimum Gasteiger partial charge on any atom is -0.335 e. The molecule has 4 heteroatoms. The summed E-state index contributed by atoms with van der Waals surface area (Å²) in [4.78, 5) is 4.87. The fourth-order valence-electron chi connectivity index (χ4n) is 2.16. The Labute approximate surface area is 128 Å². The van der Waals surface area contributed by atoms with Gasteiger partial charge >= 0.3 is 0 Å². The molecule has 0 spiro atoms. The van der Waals surface area contributed by atoms with Crippen molar-refractivity contribution in [3.8, 4) is 0 Å². The molecule has 0 aliphatic carbocycles. The van der Waals surface area contributed by atoms with Crippen LogP contribution in [0.2, 0.25) is 0 Å². The van der Waals surface area contributed by atoms with E-state index in [0.717, 1.165) is 29.4 Å². The summed E-state index contributed by atoms with van der Waals surface area (Å²) >= 11 is 5.42. The quantitative estimate of drug-likeness (QED) is 0.805. The molecule has 0 amide bonds. The lowest BCUT2D eigenvalue weighted by atomic mass is 9.97. The van der Waals surface area contributed by atoms with Gasteiger partial charge in [0.15, 0.2) is 5.17 Å². The highest BCUT2D eigenvalue weighted by Crippen LogP contribution is 2.31. The number of nitrogens with zero attached hydrogens (tertiary/aromatic N) is 1. The average molecular weight is 341 g/mol. The number of benzene rings is 1.